The molecule has 1 atom stereocenters. The molecular formula is C16H22N4O. The molecule has 5 nitrogen and oxygen atoms in total. The summed E-state index contributed by atoms with van der Waals surface area (Å²) in [6, 6.07) is 9.93. The molecule has 21 heavy (non-hydrogen) atoms. The SMILES string of the molecule is CC1CN(Cc2ccccc2)C(=O)/C1=C/C(=C\N)C(N)N. The lowest BCUT2D eigenvalue weighted by molar-refractivity contribution is -0.125. The lowest BCUT2D eigenvalue weighted by Crippen LogP contribution is -2.33. The third-order valence-electron chi connectivity index (χ3n) is 3.68. The molecule has 1 amide bonds. The maximum absolute atomic E-state index is 12.5. The highest BCUT2D eigenvalue weighted by Gasteiger charge is 2.32. The fraction of sp³-hybridized carbons (Fsp3) is 0.312. The van der Waals surface area contributed by atoms with Gasteiger partial charge < -0.3 is 22.1 Å². The number of hydrogen-bond donors (Lipinski definition) is 3. The van der Waals surface area contributed by atoms with Crippen LogP contribution in [0.4, 0.5) is 0 Å². The summed E-state index contributed by atoms with van der Waals surface area (Å²) in [7, 11) is 0. The Morgan fingerprint density at radius 1 is 1.38 bits per heavy atom. The Bertz CT molecular complexity index is 563. The van der Waals surface area contributed by atoms with Gasteiger partial charge in [-0.3, -0.25) is 4.79 Å². The van der Waals surface area contributed by atoms with Crippen LogP contribution in [0.3, 0.4) is 0 Å². The highest BCUT2D eigenvalue weighted by Crippen LogP contribution is 2.26. The molecule has 5 heteroatoms. The van der Waals surface area contributed by atoms with Crippen LogP contribution in [-0.4, -0.2) is 23.5 Å². The highest BCUT2D eigenvalue weighted by molar-refractivity contribution is 5.96. The van der Waals surface area contributed by atoms with Crippen LogP contribution < -0.4 is 17.2 Å². The minimum atomic E-state index is -0.675. The van der Waals surface area contributed by atoms with Gasteiger partial charge in [0.05, 0.1) is 6.17 Å². The Morgan fingerprint density at radius 2 is 2.05 bits per heavy atom. The first-order chi connectivity index (χ1) is 10.0. The number of hydrogen-bond acceptors (Lipinski definition) is 4. The zero-order valence-electron chi connectivity index (χ0n) is 12.2. The molecule has 6 N–H and O–H groups in total. The zero-order chi connectivity index (χ0) is 15.4. The first kappa shape index (κ1) is 15.3. The van der Waals surface area contributed by atoms with Gasteiger partial charge in [-0.2, -0.15) is 0 Å². The number of amides is 1. The van der Waals surface area contributed by atoms with Crippen LogP contribution in [0.2, 0.25) is 0 Å². The van der Waals surface area contributed by atoms with Crippen LogP contribution in [0.1, 0.15) is 12.5 Å². The maximum Gasteiger partial charge on any atom is 0.250 e. The van der Waals surface area contributed by atoms with Crippen LogP contribution in [0.15, 0.2) is 53.8 Å². The summed E-state index contributed by atoms with van der Waals surface area (Å²) in [5, 5.41) is 0. The van der Waals surface area contributed by atoms with Gasteiger partial charge in [0, 0.05) is 24.6 Å². The van der Waals surface area contributed by atoms with E-state index in [1.165, 1.54) is 6.20 Å². The molecule has 0 bridgehead atoms. The van der Waals surface area contributed by atoms with Crippen molar-refractivity contribution in [2.24, 2.45) is 23.1 Å². The van der Waals surface area contributed by atoms with E-state index >= 15 is 0 Å². The molecular weight excluding hydrogens is 264 g/mol. The van der Waals surface area contributed by atoms with Crippen molar-refractivity contribution in [2.75, 3.05) is 6.54 Å². The molecule has 1 aromatic carbocycles. The third-order valence-corrected chi connectivity index (χ3v) is 3.68. The van der Waals surface area contributed by atoms with Crippen LogP contribution in [0.5, 0.6) is 0 Å². The van der Waals surface area contributed by atoms with Crippen molar-refractivity contribution in [1.29, 1.82) is 0 Å². The normalized spacial score (nSPS) is 21.6. The van der Waals surface area contributed by atoms with E-state index in [1.54, 1.807) is 6.08 Å². The molecule has 0 aliphatic carbocycles. The summed E-state index contributed by atoms with van der Waals surface area (Å²) < 4.78 is 0. The van der Waals surface area contributed by atoms with Crippen molar-refractivity contribution in [3.63, 3.8) is 0 Å². The number of rotatable bonds is 4. The Balaban J connectivity index is 2.17. The van der Waals surface area contributed by atoms with E-state index in [-0.39, 0.29) is 11.8 Å². The van der Waals surface area contributed by atoms with E-state index in [9.17, 15) is 4.79 Å². The minimum Gasteiger partial charge on any atom is -0.404 e. The zero-order valence-corrected chi connectivity index (χ0v) is 12.2. The molecule has 1 aromatic rings. The summed E-state index contributed by atoms with van der Waals surface area (Å²) >= 11 is 0. The smallest absolute Gasteiger partial charge is 0.250 e. The first-order valence-corrected chi connectivity index (χ1v) is 7.00. The molecule has 112 valence electrons. The van der Waals surface area contributed by atoms with Crippen molar-refractivity contribution in [2.45, 2.75) is 19.6 Å². The van der Waals surface area contributed by atoms with Gasteiger partial charge in [-0.25, -0.2) is 0 Å². The van der Waals surface area contributed by atoms with Gasteiger partial charge in [0.2, 0.25) is 5.91 Å². The number of carbonyl (C=O) groups excluding carboxylic acids is 1. The van der Waals surface area contributed by atoms with E-state index in [4.69, 9.17) is 17.2 Å². The number of nitrogens with zero attached hydrogens (tertiary/aromatic N) is 1. The van der Waals surface area contributed by atoms with E-state index in [0.717, 1.165) is 5.56 Å². The van der Waals surface area contributed by atoms with Gasteiger partial charge in [0.25, 0.3) is 0 Å². The summed E-state index contributed by atoms with van der Waals surface area (Å²) in [6.45, 7) is 3.32. The quantitative estimate of drug-likeness (QED) is 0.560. The standard InChI is InChI=1S/C16H22N4O/c1-11-9-20(10-12-5-3-2-4-6-12)16(21)14(11)7-13(8-17)15(18)19/h2-8,11,15H,9-10,17-19H2,1H3/b13-8+,14-7+. The van der Waals surface area contributed by atoms with Crippen molar-refractivity contribution in [3.8, 4) is 0 Å². The lowest BCUT2D eigenvalue weighted by atomic mass is 10.0. The lowest BCUT2D eigenvalue weighted by Gasteiger charge is -2.15. The largest absolute Gasteiger partial charge is 0.404 e. The van der Waals surface area contributed by atoms with Crippen molar-refractivity contribution >= 4 is 5.91 Å². The topological polar surface area (TPSA) is 98.4 Å². The Morgan fingerprint density at radius 3 is 2.62 bits per heavy atom. The molecule has 1 aliphatic rings. The van der Waals surface area contributed by atoms with Crippen molar-refractivity contribution in [3.05, 3.63) is 59.3 Å². The number of benzene rings is 1. The fourth-order valence-corrected chi connectivity index (χ4v) is 2.48. The molecule has 2 rings (SSSR count). The van der Waals surface area contributed by atoms with Crippen LogP contribution in [0, 0.1) is 5.92 Å². The second-order valence-electron chi connectivity index (χ2n) is 5.36. The summed E-state index contributed by atoms with van der Waals surface area (Å²) in [5.74, 6) is 0.154. The molecule has 1 fully saturated rings. The second-order valence-corrected chi connectivity index (χ2v) is 5.36. The van der Waals surface area contributed by atoms with Gasteiger partial charge >= 0.3 is 0 Å². The summed E-state index contributed by atoms with van der Waals surface area (Å²) in [6.07, 6.45) is 2.41. The molecule has 1 saturated heterocycles. The average molecular weight is 286 g/mol. The van der Waals surface area contributed by atoms with E-state index in [0.29, 0.717) is 24.2 Å². The highest BCUT2D eigenvalue weighted by atomic mass is 16.2. The molecule has 0 aromatic heterocycles. The molecule has 0 radical (unpaired) electrons. The monoisotopic (exact) mass is 286 g/mol. The van der Waals surface area contributed by atoms with Gasteiger partial charge in [-0.1, -0.05) is 37.3 Å². The molecule has 1 unspecified atom stereocenters. The summed E-state index contributed by atoms with van der Waals surface area (Å²) in [5.41, 5.74) is 19.2. The number of carbonyl (C=O) groups is 1. The number of nitrogens with two attached hydrogens (primary N) is 3. The van der Waals surface area contributed by atoms with E-state index in [1.807, 2.05) is 42.2 Å². The Labute approximate surface area is 125 Å². The molecule has 1 heterocycles. The molecule has 0 spiro atoms. The minimum absolute atomic E-state index is 0.0198. The van der Waals surface area contributed by atoms with Gasteiger partial charge in [0.15, 0.2) is 0 Å². The van der Waals surface area contributed by atoms with Crippen LogP contribution in [0.25, 0.3) is 0 Å². The fourth-order valence-electron chi connectivity index (χ4n) is 2.48. The van der Waals surface area contributed by atoms with Gasteiger partial charge in [-0.15, -0.1) is 0 Å². The van der Waals surface area contributed by atoms with Gasteiger partial charge in [-0.05, 0) is 23.4 Å². The van der Waals surface area contributed by atoms with Gasteiger partial charge in [0.1, 0.15) is 0 Å². The van der Waals surface area contributed by atoms with Crippen LogP contribution in [-0.2, 0) is 11.3 Å². The van der Waals surface area contributed by atoms with Crippen molar-refractivity contribution in [1.82, 2.24) is 4.90 Å². The molecule has 1 aliphatic heterocycles. The van der Waals surface area contributed by atoms with Crippen LogP contribution >= 0.6 is 0 Å². The Kier molecular flexibility index (Phi) is 4.77. The predicted molar refractivity (Wildman–Crippen MR) is 83.5 cm³/mol. The maximum atomic E-state index is 12.5. The third kappa shape index (κ3) is 3.51. The van der Waals surface area contributed by atoms with E-state index < -0.39 is 6.17 Å². The summed E-state index contributed by atoms with van der Waals surface area (Å²) in [4.78, 5) is 14.3. The average Bonchev–Trinajstić information content (AvgIpc) is 2.72. The van der Waals surface area contributed by atoms with Crippen molar-refractivity contribution < 1.29 is 4.79 Å². The second kappa shape index (κ2) is 6.56. The number of likely N-dealkylation sites (tertiary alicyclic amines) is 1. The Hall–Kier alpha value is -2.11. The first-order valence-electron chi connectivity index (χ1n) is 7.00. The predicted octanol–water partition coefficient (Wildman–Crippen LogP) is 0.677. The van der Waals surface area contributed by atoms with E-state index in [2.05, 4.69) is 0 Å². The molecule has 0 saturated carbocycles.